The topological polar surface area (TPSA) is 72.7 Å². The number of benzene rings is 2. The van der Waals surface area contributed by atoms with Crippen LogP contribution in [0.15, 0.2) is 48.5 Å². The van der Waals surface area contributed by atoms with Crippen molar-refractivity contribution >= 4 is 17.3 Å². The van der Waals surface area contributed by atoms with Gasteiger partial charge < -0.3 is 9.64 Å². The lowest BCUT2D eigenvalue weighted by Gasteiger charge is -2.23. The van der Waals surface area contributed by atoms with Gasteiger partial charge in [-0.15, -0.1) is 0 Å². The van der Waals surface area contributed by atoms with Gasteiger partial charge in [-0.05, 0) is 30.7 Å². The molecule has 2 aromatic rings. The highest BCUT2D eigenvalue weighted by Gasteiger charge is 2.22. The van der Waals surface area contributed by atoms with E-state index in [1.807, 2.05) is 37.3 Å². The van der Waals surface area contributed by atoms with Crippen molar-refractivity contribution in [2.75, 3.05) is 18.6 Å². The second-order valence-electron chi connectivity index (χ2n) is 5.29. The second-order valence-corrected chi connectivity index (χ2v) is 5.29. The molecule has 24 heavy (non-hydrogen) atoms. The van der Waals surface area contributed by atoms with Crippen LogP contribution in [-0.4, -0.2) is 24.5 Å². The van der Waals surface area contributed by atoms with Crippen molar-refractivity contribution in [3.05, 3.63) is 64.2 Å². The second kappa shape index (κ2) is 8.10. The average Bonchev–Trinajstić information content (AvgIpc) is 2.62. The molecular formula is C18H20N2O4. The largest absolute Gasteiger partial charge is 0.490 e. The van der Waals surface area contributed by atoms with Gasteiger partial charge in [0.25, 0.3) is 5.91 Å². The number of nitro groups is 1. The summed E-state index contributed by atoms with van der Waals surface area (Å²) in [5.74, 6) is -0.128. The van der Waals surface area contributed by atoms with Crippen molar-refractivity contribution in [1.29, 1.82) is 0 Å². The molecule has 2 rings (SSSR count). The summed E-state index contributed by atoms with van der Waals surface area (Å²) in [7, 11) is 1.36. The number of hydrogen-bond acceptors (Lipinski definition) is 4. The van der Waals surface area contributed by atoms with Crippen LogP contribution in [-0.2, 0) is 0 Å². The Kier molecular flexibility index (Phi) is 5.89. The first-order valence-electron chi connectivity index (χ1n) is 7.77. The highest BCUT2D eigenvalue weighted by Crippen LogP contribution is 2.29. The van der Waals surface area contributed by atoms with Crippen LogP contribution in [0.3, 0.4) is 0 Å². The molecule has 0 bridgehead atoms. The van der Waals surface area contributed by atoms with Crippen LogP contribution in [0.4, 0.5) is 11.4 Å². The maximum absolute atomic E-state index is 12.9. The Morgan fingerprint density at radius 3 is 2.50 bits per heavy atom. The number of amides is 1. The van der Waals surface area contributed by atoms with E-state index in [2.05, 4.69) is 0 Å². The summed E-state index contributed by atoms with van der Waals surface area (Å²) in [6, 6.07) is 13.6. The first-order chi connectivity index (χ1) is 11.6. The van der Waals surface area contributed by atoms with Gasteiger partial charge in [0.05, 0.1) is 12.0 Å². The van der Waals surface area contributed by atoms with E-state index in [1.54, 1.807) is 11.0 Å². The maximum Gasteiger partial charge on any atom is 0.311 e. The number of unbranched alkanes of at least 4 members (excludes halogenated alkanes) is 1. The normalized spacial score (nSPS) is 10.2. The van der Waals surface area contributed by atoms with E-state index in [-0.39, 0.29) is 22.9 Å². The zero-order chi connectivity index (χ0) is 17.5. The Labute approximate surface area is 140 Å². The lowest BCUT2D eigenvalue weighted by Crippen LogP contribution is -2.31. The Hall–Kier alpha value is -2.89. The van der Waals surface area contributed by atoms with Gasteiger partial charge >= 0.3 is 5.69 Å². The molecule has 1 amide bonds. The van der Waals surface area contributed by atoms with Crippen molar-refractivity contribution in [3.8, 4) is 5.75 Å². The van der Waals surface area contributed by atoms with Crippen molar-refractivity contribution in [2.24, 2.45) is 0 Å². The molecule has 6 nitrogen and oxygen atoms in total. The highest BCUT2D eigenvalue weighted by molar-refractivity contribution is 6.06. The Balaban J connectivity index is 2.39. The lowest BCUT2D eigenvalue weighted by atomic mass is 10.1. The summed E-state index contributed by atoms with van der Waals surface area (Å²) in [4.78, 5) is 25.2. The number of para-hydroxylation sites is 1. The fourth-order valence-electron chi connectivity index (χ4n) is 2.39. The van der Waals surface area contributed by atoms with Crippen molar-refractivity contribution in [3.63, 3.8) is 0 Å². The lowest BCUT2D eigenvalue weighted by molar-refractivity contribution is -0.385. The molecule has 0 saturated heterocycles. The van der Waals surface area contributed by atoms with E-state index in [0.717, 1.165) is 18.5 Å². The van der Waals surface area contributed by atoms with Gasteiger partial charge in [-0.25, -0.2) is 0 Å². The van der Waals surface area contributed by atoms with Crippen molar-refractivity contribution in [2.45, 2.75) is 19.8 Å². The molecule has 0 aliphatic heterocycles. The number of rotatable bonds is 7. The monoisotopic (exact) mass is 328 g/mol. The minimum Gasteiger partial charge on any atom is -0.490 e. The average molecular weight is 328 g/mol. The summed E-state index contributed by atoms with van der Waals surface area (Å²) in [6.45, 7) is 2.60. The SMILES string of the molecule is CCCCN(C(=O)c1ccc(OC)c([N+](=O)[O-])c1)c1ccccc1. The number of ether oxygens (including phenoxy) is 1. The fraction of sp³-hybridized carbons (Fsp3) is 0.278. The van der Waals surface area contributed by atoms with Gasteiger partial charge in [0, 0.05) is 23.9 Å². The molecular weight excluding hydrogens is 308 g/mol. The van der Waals surface area contributed by atoms with Gasteiger partial charge in [-0.1, -0.05) is 31.5 Å². The molecule has 0 aliphatic rings. The molecule has 0 aliphatic carbocycles. The summed E-state index contributed by atoms with van der Waals surface area (Å²) in [6.07, 6.45) is 1.79. The van der Waals surface area contributed by atoms with Crippen LogP contribution < -0.4 is 9.64 Å². The van der Waals surface area contributed by atoms with Gasteiger partial charge in [0.2, 0.25) is 0 Å². The molecule has 0 fully saturated rings. The minimum absolute atomic E-state index is 0.136. The molecule has 0 saturated carbocycles. The number of methoxy groups -OCH3 is 1. The molecule has 126 valence electrons. The molecule has 2 aromatic carbocycles. The van der Waals surface area contributed by atoms with E-state index in [4.69, 9.17) is 4.74 Å². The van der Waals surface area contributed by atoms with Gasteiger partial charge in [0.1, 0.15) is 0 Å². The molecule has 0 N–H and O–H groups in total. The molecule has 0 radical (unpaired) electrons. The number of nitrogens with zero attached hydrogens (tertiary/aromatic N) is 2. The third kappa shape index (κ3) is 3.90. The number of hydrogen-bond donors (Lipinski definition) is 0. The third-order valence-corrected chi connectivity index (χ3v) is 3.67. The van der Waals surface area contributed by atoms with Crippen LogP contribution in [0.5, 0.6) is 5.75 Å². The number of anilines is 1. The van der Waals surface area contributed by atoms with E-state index in [9.17, 15) is 14.9 Å². The fourth-order valence-corrected chi connectivity index (χ4v) is 2.39. The van der Waals surface area contributed by atoms with Crippen LogP contribution in [0.2, 0.25) is 0 Å². The van der Waals surface area contributed by atoms with Crippen LogP contribution in [0.1, 0.15) is 30.1 Å². The Morgan fingerprint density at radius 2 is 1.92 bits per heavy atom. The molecule has 6 heteroatoms. The Morgan fingerprint density at radius 1 is 1.21 bits per heavy atom. The zero-order valence-corrected chi connectivity index (χ0v) is 13.8. The van der Waals surface area contributed by atoms with Crippen molar-refractivity contribution < 1.29 is 14.5 Å². The summed E-state index contributed by atoms with van der Waals surface area (Å²) in [5, 5.41) is 11.2. The van der Waals surface area contributed by atoms with E-state index in [0.29, 0.717) is 6.54 Å². The third-order valence-electron chi connectivity index (χ3n) is 3.67. The Bertz CT molecular complexity index is 716. The molecule has 0 spiro atoms. The van der Waals surface area contributed by atoms with Crippen LogP contribution >= 0.6 is 0 Å². The molecule has 0 heterocycles. The maximum atomic E-state index is 12.9. The van der Waals surface area contributed by atoms with Crippen LogP contribution in [0, 0.1) is 10.1 Å². The first-order valence-corrected chi connectivity index (χ1v) is 7.77. The van der Waals surface area contributed by atoms with E-state index in [1.165, 1.54) is 19.2 Å². The zero-order valence-electron chi connectivity index (χ0n) is 13.8. The molecule has 0 aromatic heterocycles. The smallest absolute Gasteiger partial charge is 0.311 e. The summed E-state index contributed by atoms with van der Waals surface area (Å²) < 4.78 is 4.98. The summed E-state index contributed by atoms with van der Waals surface area (Å²) in [5.41, 5.74) is 0.823. The number of carbonyl (C=O) groups excluding carboxylic acids is 1. The minimum atomic E-state index is -0.547. The van der Waals surface area contributed by atoms with Gasteiger partial charge in [-0.3, -0.25) is 14.9 Å². The number of carbonyl (C=O) groups is 1. The van der Waals surface area contributed by atoms with E-state index >= 15 is 0 Å². The molecule has 0 atom stereocenters. The van der Waals surface area contributed by atoms with Gasteiger partial charge in [0.15, 0.2) is 5.75 Å². The van der Waals surface area contributed by atoms with Crippen LogP contribution in [0.25, 0.3) is 0 Å². The predicted molar refractivity (Wildman–Crippen MR) is 92.7 cm³/mol. The summed E-state index contributed by atoms with van der Waals surface area (Å²) >= 11 is 0. The quantitative estimate of drug-likeness (QED) is 0.568. The standard InChI is InChI=1S/C18H20N2O4/c1-3-4-12-19(15-8-6-5-7-9-15)18(21)14-10-11-17(24-2)16(13-14)20(22)23/h5-11,13H,3-4,12H2,1-2H3. The molecule has 0 unspecified atom stereocenters. The van der Waals surface area contributed by atoms with Crippen molar-refractivity contribution in [1.82, 2.24) is 0 Å². The number of nitro benzene ring substituents is 1. The first kappa shape index (κ1) is 17.5. The van der Waals surface area contributed by atoms with E-state index < -0.39 is 4.92 Å². The highest BCUT2D eigenvalue weighted by atomic mass is 16.6. The van der Waals surface area contributed by atoms with Gasteiger partial charge in [-0.2, -0.15) is 0 Å². The predicted octanol–water partition coefficient (Wildman–Crippen LogP) is 4.05.